The Morgan fingerprint density at radius 1 is 1.00 bits per heavy atom. The molecule has 0 bridgehead atoms. The van der Waals surface area contributed by atoms with Gasteiger partial charge in [0.2, 0.25) is 5.91 Å². The molecule has 2 aromatic carbocycles. The molecule has 0 aliphatic rings. The third kappa shape index (κ3) is 4.52. The average Bonchev–Trinajstić information content (AvgIpc) is 2.55. The number of carbonyl (C=O) groups excluding carboxylic acids is 2. The van der Waals surface area contributed by atoms with E-state index in [1.165, 1.54) is 0 Å². The van der Waals surface area contributed by atoms with Gasteiger partial charge in [0.1, 0.15) is 0 Å². The van der Waals surface area contributed by atoms with Crippen LogP contribution in [0.5, 0.6) is 0 Å². The van der Waals surface area contributed by atoms with Gasteiger partial charge >= 0.3 is 0 Å². The molecule has 0 spiro atoms. The molecular weight excluding hydrogens is 286 g/mol. The van der Waals surface area contributed by atoms with E-state index in [9.17, 15) is 9.59 Å². The van der Waals surface area contributed by atoms with Gasteiger partial charge in [0, 0.05) is 24.1 Å². The smallest absolute Gasteiger partial charge is 0.224 e. The highest BCUT2D eigenvalue weighted by Gasteiger charge is 2.12. The van der Waals surface area contributed by atoms with Crippen molar-refractivity contribution in [2.24, 2.45) is 0 Å². The van der Waals surface area contributed by atoms with E-state index in [1.54, 1.807) is 0 Å². The number of hydrogen-bond acceptors (Lipinski definition) is 2. The maximum Gasteiger partial charge on any atom is 0.224 e. The van der Waals surface area contributed by atoms with E-state index in [0.29, 0.717) is 5.56 Å². The fourth-order valence-electron chi connectivity index (χ4n) is 2.56. The van der Waals surface area contributed by atoms with E-state index >= 15 is 0 Å². The first-order valence-corrected chi connectivity index (χ1v) is 7.99. The Morgan fingerprint density at radius 2 is 1.74 bits per heavy atom. The molecule has 0 saturated carbocycles. The molecule has 3 heteroatoms. The lowest BCUT2D eigenvalue weighted by molar-refractivity contribution is -0.116. The molecule has 0 unspecified atom stereocenters. The summed E-state index contributed by atoms with van der Waals surface area (Å²) in [6.07, 6.45) is 1.28. The fourth-order valence-corrected chi connectivity index (χ4v) is 2.56. The van der Waals surface area contributed by atoms with Crippen LogP contribution in [0.3, 0.4) is 0 Å². The zero-order chi connectivity index (χ0) is 16.8. The summed E-state index contributed by atoms with van der Waals surface area (Å²) in [7, 11) is 0. The van der Waals surface area contributed by atoms with Crippen molar-refractivity contribution < 1.29 is 9.59 Å². The maximum absolute atomic E-state index is 12.3. The molecule has 0 aliphatic carbocycles. The molecule has 0 aliphatic heterocycles. The molecule has 1 N–H and O–H groups in total. The monoisotopic (exact) mass is 309 g/mol. The minimum absolute atomic E-state index is 0.0186. The van der Waals surface area contributed by atoms with Gasteiger partial charge in [0.25, 0.3) is 0 Å². The van der Waals surface area contributed by atoms with Crippen molar-refractivity contribution >= 4 is 17.4 Å². The lowest BCUT2D eigenvalue weighted by atomic mass is 9.99. The molecule has 0 heterocycles. The number of anilines is 1. The number of aryl methyl sites for hydroxylation is 3. The summed E-state index contributed by atoms with van der Waals surface area (Å²) < 4.78 is 0. The maximum atomic E-state index is 12.3. The standard InChI is InChI=1S/C20H23NO2/c1-4-16-7-5-6-8-18(16)21-20(23)12-11-19(22)17-13-14(2)9-10-15(17)3/h5-10,13H,4,11-12H2,1-3H3,(H,21,23). The van der Waals surface area contributed by atoms with Crippen molar-refractivity contribution in [2.45, 2.75) is 40.0 Å². The van der Waals surface area contributed by atoms with Gasteiger partial charge in [-0.3, -0.25) is 9.59 Å². The van der Waals surface area contributed by atoms with E-state index in [-0.39, 0.29) is 24.5 Å². The molecule has 0 radical (unpaired) electrons. The van der Waals surface area contributed by atoms with Gasteiger partial charge in [0.05, 0.1) is 0 Å². The molecule has 23 heavy (non-hydrogen) atoms. The first kappa shape index (κ1) is 16.9. The second-order valence-corrected chi connectivity index (χ2v) is 5.80. The quantitative estimate of drug-likeness (QED) is 0.800. The van der Waals surface area contributed by atoms with Crippen LogP contribution in [0.25, 0.3) is 0 Å². The number of ketones is 1. The fraction of sp³-hybridized carbons (Fsp3) is 0.300. The third-order valence-corrected chi connectivity index (χ3v) is 3.94. The van der Waals surface area contributed by atoms with Crippen molar-refractivity contribution in [2.75, 3.05) is 5.32 Å². The summed E-state index contributed by atoms with van der Waals surface area (Å²) in [5.41, 5.74) is 4.66. The van der Waals surface area contributed by atoms with E-state index in [4.69, 9.17) is 0 Å². The van der Waals surface area contributed by atoms with Gasteiger partial charge in [0.15, 0.2) is 5.78 Å². The van der Waals surface area contributed by atoms with Crippen molar-refractivity contribution in [3.8, 4) is 0 Å². The molecule has 2 aromatic rings. The lowest BCUT2D eigenvalue weighted by Crippen LogP contribution is -2.15. The van der Waals surface area contributed by atoms with Crippen LogP contribution in [0, 0.1) is 13.8 Å². The molecule has 0 aromatic heterocycles. The molecule has 3 nitrogen and oxygen atoms in total. The van der Waals surface area contributed by atoms with Crippen LogP contribution in [0.15, 0.2) is 42.5 Å². The van der Waals surface area contributed by atoms with Crippen molar-refractivity contribution in [3.05, 3.63) is 64.7 Å². The SMILES string of the molecule is CCc1ccccc1NC(=O)CCC(=O)c1cc(C)ccc1C. The second kappa shape index (κ2) is 7.73. The Kier molecular flexibility index (Phi) is 5.69. The van der Waals surface area contributed by atoms with Crippen LogP contribution in [-0.2, 0) is 11.2 Å². The number of benzene rings is 2. The van der Waals surface area contributed by atoms with Crippen LogP contribution in [0.4, 0.5) is 5.69 Å². The number of hydrogen-bond donors (Lipinski definition) is 1. The lowest BCUT2D eigenvalue weighted by Gasteiger charge is -2.10. The van der Waals surface area contributed by atoms with Gasteiger partial charge < -0.3 is 5.32 Å². The van der Waals surface area contributed by atoms with E-state index in [0.717, 1.165) is 28.8 Å². The number of rotatable bonds is 6. The van der Waals surface area contributed by atoms with Crippen LogP contribution in [-0.4, -0.2) is 11.7 Å². The number of nitrogens with one attached hydrogen (secondary N) is 1. The van der Waals surface area contributed by atoms with Gasteiger partial charge in [-0.1, -0.05) is 42.8 Å². The Hall–Kier alpha value is -2.42. The molecule has 0 saturated heterocycles. The minimum Gasteiger partial charge on any atom is -0.326 e. The van der Waals surface area contributed by atoms with Gasteiger partial charge in [-0.15, -0.1) is 0 Å². The second-order valence-electron chi connectivity index (χ2n) is 5.80. The molecule has 0 fully saturated rings. The summed E-state index contributed by atoms with van der Waals surface area (Å²) in [6, 6.07) is 13.6. The van der Waals surface area contributed by atoms with Crippen LogP contribution in [0.2, 0.25) is 0 Å². The van der Waals surface area contributed by atoms with Crippen molar-refractivity contribution in [3.63, 3.8) is 0 Å². The summed E-state index contributed by atoms with van der Waals surface area (Å²) in [5.74, 6) is -0.102. The molecule has 1 amide bonds. The van der Waals surface area contributed by atoms with Gasteiger partial charge in [-0.2, -0.15) is 0 Å². The zero-order valence-corrected chi connectivity index (χ0v) is 14.0. The number of para-hydroxylation sites is 1. The zero-order valence-electron chi connectivity index (χ0n) is 14.0. The first-order chi connectivity index (χ1) is 11.0. The third-order valence-electron chi connectivity index (χ3n) is 3.94. The number of amides is 1. The highest BCUT2D eigenvalue weighted by Crippen LogP contribution is 2.17. The normalized spacial score (nSPS) is 10.4. The first-order valence-electron chi connectivity index (χ1n) is 7.99. The largest absolute Gasteiger partial charge is 0.326 e. The highest BCUT2D eigenvalue weighted by molar-refractivity contribution is 6.01. The average molecular weight is 309 g/mol. The molecule has 120 valence electrons. The van der Waals surface area contributed by atoms with Gasteiger partial charge in [-0.05, 0) is 43.5 Å². The Labute approximate surface area is 137 Å². The Morgan fingerprint density at radius 3 is 2.48 bits per heavy atom. The topological polar surface area (TPSA) is 46.2 Å². The van der Waals surface area contributed by atoms with Crippen LogP contribution in [0.1, 0.15) is 46.8 Å². The summed E-state index contributed by atoms with van der Waals surface area (Å²) >= 11 is 0. The Balaban J connectivity index is 1.96. The molecule has 0 atom stereocenters. The van der Waals surface area contributed by atoms with E-state index in [1.807, 2.05) is 56.3 Å². The Bertz CT molecular complexity index is 719. The number of Topliss-reactive ketones (excluding diaryl/α,β-unsaturated/α-hetero) is 1. The summed E-state index contributed by atoms with van der Waals surface area (Å²) in [6.45, 7) is 5.93. The van der Waals surface area contributed by atoms with E-state index < -0.39 is 0 Å². The van der Waals surface area contributed by atoms with Crippen molar-refractivity contribution in [1.82, 2.24) is 0 Å². The van der Waals surface area contributed by atoms with Crippen LogP contribution < -0.4 is 5.32 Å². The predicted molar refractivity (Wildman–Crippen MR) is 93.9 cm³/mol. The highest BCUT2D eigenvalue weighted by atomic mass is 16.2. The number of carbonyl (C=O) groups is 2. The minimum atomic E-state index is -0.121. The molecule has 2 rings (SSSR count). The van der Waals surface area contributed by atoms with E-state index in [2.05, 4.69) is 12.2 Å². The molecular formula is C20H23NO2. The van der Waals surface area contributed by atoms with Gasteiger partial charge in [-0.25, -0.2) is 0 Å². The summed E-state index contributed by atoms with van der Waals surface area (Å²) in [5, 5.41) is 2.90. The predicted octanol–water partition coefficient (Wildman–Crippen LogP) is 4.47. The van der Waals surface area contributed by atoms with Crippen LogP contribution >= 0.6 is 0 Å². The summed E-state index contributed by atoms with van der Waals surface area (Å²) in [4.78, 5) is 24.4. The van der Waals surface area contributed by atoms with Crippen molar-refractivity contribution in [1.29, 1.82) is 0 Å².